The van der Waals surface area contributed by atoms with Gasteiger partial charge in [-0.05, 0) is 41.9 Å². The molecule has 114 valence electrons. The van der Waals surface area contributed by atoms with E-state index in [9.17, 15) is 4.79 Å². The number of nitrogens with zero attached hydrogens (tertiary/aromatic N) is 3. The number of halogens is 1. The molecule has 0 bridgehead atoms. The second-order valence-electron chi connectivity index (χ2n) is 5.26. The van der Waals surface area contributed by atoms with Gasteiger partial charge in [-0.25, -0.2) is 4.98 Å². The first-order valence-corrected chi connectivity index (χ1v) is 7.44. The number of imidazole rings is 1. The van der Waals surface area contributed by atoms with Gasteiger partial charge in [-0.2, -0.15) is 0 Å². The highest BCUT2D eigenvalue weighted by Gasteiger charge is 2.10. The van der Waals surface area contributed by atoms with E-state index in [2.05, 4.69) is 20.9 Å². The van der Waals surface area contributed by atoms with Crippen molar-refractivity contribution >= 4 is 28.5 Å². The van der Waals surface area contributed by atoms with Crippen LogP contribution in [0, 0.1) is 0 Å². The number of nitrogens with one attached hydrogen (secondary N) is 1. The number of fused-ring (bicyclic) bond motifs is 1. The van der Waals surface area contributed by atoms with Gasteiger partial charge in [0.2, 0.25) is 5.28 Å². The molecule has 0 spiro atoms. The van der Waals surface area contributed by atoms with Gasteiger partial charge in [-0.1, -0.05) is 0 Å². The molecule has 6 heteroatoms. The highest BCUT2D eigenvalue weighted by Crippen LogP contribution is 2.19. The Morgan fingerprint density at radius 2 is 2.14 bits per heavy atom. The Labute approximate surface area is 133 Å². The summed E-state index contributed by atoms with van der Waals surface area (Å²) in [6, 6.07) is 9.44. The maximum absolute atomic E-state index is 12.2. The second-order valence-corrected chi connectivity index (χ2v) is 5.60. The van der Waals surface area contributed by atoms with Gasteiger partial charge in [0.1, 0.15) is 0 Å². The Morgan fingerprint density at radius 1 is 1.32 bits per heavy atom. The predicted octanol–water partition coefficient (Wildman–Crippen LogP) is 2.54. The third kappa shape index (κ3) is 2.72. The lowest BCUT2D eigenvalue weighted by Crippen LogP contribution is -2.26. The molecular formula is C16H17ClN4O. The third-order valence-electron chi connectivity index (χ3n) is 3.81. The van der Waals surface area contributed by atoms with E-state index in [1.54, 1.807) is 10.6 Å². The van der Waals surface area contributed by atoms with Crippen LogP contribution in [-0.2, 0) is 20.5 Å². The van der Waals surface area contributed by atoms with Gasteiger partial charge in [-0.3, -0.25) is 4.79 Å². The van der Waals surface area contributed by atoms with Crippen LogP contribution in [0.4, 0.5) is 0 Å². The van der Waals surface area contributed by atoms with Crippen LogP contribution in [0.3, 0.4) is 0 Å². The second kappa shape index (κ2) is 5.85. The number of aryl methyl sites for hydroxylation is 2. The van der Waals surface area contributed by atoms with E-state index in [0.29, 0.717) is 17.4 Å². The van der Waals surface area contributed by atoms with E-state index in [0.717, 1.165) is 17.5 Å². The summed E-state index contributed by atoms with van der Waals surface area (Å²) in [7, 11) is 3.83. The number of benzene rings is 1. The zero-order chi connectivity index (χ0) is 15.7. The van der Waals surface area contributed by atoms with Crippen LogP contribution in [-0.4, -0.2) is 26.6 Å². The van der Waals surface area contributed by atoms with Crippen molar-refractivity contribution in [1.29, 1.82) is 0 Å². The summed E-state index contributed by atoms with van der Waals surface area (Å²) in [6.07, 6.45) is 2.80. The lowest BCUT2D eigenvalue weighted by molar-refractivity contribution is 0.0954. The molecule has 0 aliphatic heterocycles. The van der Waals surface area contributed by atoms with Crippen molar-refractivity contribution in [2.75, 3.05) is 6.54 Å². The average molecular weight is 317 g/mol. The number of hydrogen-bond acceptors (Lipinski definition) is 2. The van der Waals surface area contributed by atoms with E-state index in [-0.39, 0.29) is 5.91 Å². The van der Waals surface area contributed by atoms with Crippen LogP contribution in [0.5, 0.6) is 0 Å². The number of rotatable bonds is 4. The van der Waals surface area contributed by atoms with Crippen LogP contribution >= 0.6 is 11.6 Å². The van der Waals surface area contributed by atoms with Gasteiger partial charge in [0, 0.05) is 44.5 Å². The maximum Gasteiger partial charge on any atom is 0.251 e. The SMILES string of the molecule is Cn1cccc1CCNC(=O)c1ccc2nc(Cl)n(C)c2c1. The van der Waals surface area contributed by atoms with Crippen LogP contribution in [0.25, 0.3) is 11.0 Å². The maximum atomic E-state index is 12.2. The topological polar surface area (TPSA) is 51.9 Å². The summed E-state index contributed by atoms with van der Waals surface area (Å²) in [4.78, 5) is 16.5. The number of amides is 1. The first-order chi connectivity index (χ1) is 10.6. The van der Waals surface area contributed by atoms with E-state index in [4.69, 9.17) is 11.6 Å². The molecule has 3 rings (SSSR count). The molecule has 0 saturated carbocycles. The summed E-state index contributed by atoms with van der Waals surface area (Å²) in [5.41, 5.74) is 3.43. The minimum atomic E-state index is -0.0894. The minimum Gasteiger partial charge on any atom is -0.354 e. The molecule has 0 fully saturated rings. The molecule has 0 saturated heterocycles. The van der Waals surface area contributed by atoms with Crippen molar-refractivity contribution in [1.82, 2.24) is 19.4 Å². The van der Waals surface area contributed by atoms with Crippen LogP contribution in [0.2, 0.25) is 5.28 Å². The van der Waals surface area contributed by atoms with Crippen molar-refractivity contribution in [2.24, 2.45) is 14.1 Å². The van der Waals surface area contributed by atoms with Crippen molar-refractivity contribution in [3.8, 4) is 0 Å². The summed E-state index contributed by atoms with van der Waals surface area (Å²) in [5.74, 6) is -0.0894. The fraction of sp³-hybridized carbons (Fsp3) is 0.250. The van der Waals surface area contributed by atoms with E-state index in [1.807, 2.05) is 38.5 Å². The average Bonchev–Trinajstić information content (AvgIpc) is 3.03. The largest absolute Gasteiger partial charge is 0.354 e. The molecule has 22 heavy (non-hydrogen) atoms. The van der Waals surface area contributed by atoms with Crippen molar-refractivity contribution in [3.05, 3.63) is 53.1 Å². The molecule has 0 radical (unpaired) electrons. The molecule has 1 N–H and O–H groups in total. The Balaban J connectivity index is 1.69. The lowest BCUT2D eigenvalue weighted by Gasteiger charge is -2.07. The molecule has 5 nitrogen and oxygen atoms in total. The van der Waals surface area contributed by atoms with Crippen LogP contribution in [0.1, 0.15) is 16.1 Å². The number of aromatic nitrogens is 3. The molecule has 2 aromatic heterocycles. The van der Waals surface area contributed by atoms with E-state index < -0.39 is 0 Å². The van der Waals surface area contributed by atoms with Gasteiger partial charge >= 0.3 is 0 Å². The van der Waals surface area contributed by atoms with E-state index >= 15 is 0 Å². The molecule has 0 unspecified atom stereocenters. The predicted molar refractivity (Wildman–Crippen MR) is 87.2 cm³/mol. The summed E-state index contributed by atoms with van der Waals surface area (Å²) in [5, 5.41) is 3.35. The number of hydrogen-bond donors (Lipinski definition) is 1. The normalized spacial score (nSPS) is 11.0. The van der Waals surface area contributed by atoms with Gasteiger partial charge in [0.25, 0.3) is 5.91 Å². The molecule has 1 aromatic carbocycles. The fourth-order valence-electron chi connectivity index (χ4n) is 2.46. The molecular weight excluding hydrogens is 300 g/mol. The minimum absolute atomic E-state index is 0.0894. The van der Waals surface area contributed by atoms with E-state index in [1.165, 1.54) is 5.69 Å². The molecule has 3 aromatic rings. The molecule has 1 amide bonds. The molecule has 2 heterocycles. The Hall–Kier alpha value is -2.27. The smallest absolute Gasteiger partial charge is 0.251 e. The fourth-order valence-corrected chi connectivity index (χ4v) is 2.65. The highest BCUT2D eigenvalue weighted by molar-refractivity contribution is 6.29. The zero-order valence-corrected chi connectivity index (χ0v) is 13.3. The summed E-state index contributed by atoms with van der Waals surface area (Å²) in [6.45, 7) is 0.598. The van der Waals surface area contributed by atoms with Gasteiger partial charge in [0.05, 0.1) is 11.0 Å². The molecule has 0 aliphatic rings. The molecule has 0 atom stereocenters. The first-order valence-electron chi connectivity index (χ1n) is 7.06. The monoisotopic (exact) mass is 316 g/mol. The Morgan fingerprint density at radius 3 is 2.86 bits per heavy atom. The summed E-state index contributed by atoms with van der Waals surface area (Å²) < 4.78 is 3.81. The molecule has 0 aliphatic carbocycles. The van der Waals surface area contributed by atoms with Crippen molar-refractivity contribution < 1.29 is 4.79 Å². The zero-order valence-electron chi connectivity index (χ0n) is 12.5. The quantitative estimate of drug-likeness (QED) is 0.804. The van der Waals surface area contributed by atoms with Gasteiger partial charge in [-0.15, -0.1) is 0 Å². The standard InChI is InChI=1S/C16H17ClN4O/c1-20-9-3-4-12(20)7-8-18-15(22)11-5-6-13-14(10-11)21(2)16(17)19-13/h3-6,9-10H,7-8H2,1-2H3,(H,18,22). The van der Waals surface area contributed by atoms with Gasteiger partial charge in [0.15, 0.2) is 0 Å². The number of carbonyl (C=O) groups is 1. The first kappa shape index (κ1) is 14.7. The summed E-state index contributed by atoms with van der Waals surface area (Å²) >= 11 is 5.99. The Bertz CT molecular complexity index is 834. The highest BCUT2D eigenvalue weighted by atomic mass is 35.5. The van der Waals surface area contributed by atoms with Crippen LogP contribution < -0.4 is 5.32 Å². The lowest BCUT2D eigenvalue weighted by atomic mass is 10.2. The Kier molecular flexibility index (Phi) is 3.90. The van der Waals surface area contributed by atoms with Gasteiger partial charge < -0.3 is 14.5 Å². The third-order valence-corrected chi connectivity index (χ3v) is 4.14. The number of carbonyl (C=O) groups excluding carboxylic acids is 1. The van der Waals surface area contributed by atoms with Crippen LogP contribution in [0.15, 0.2) is 36.5 Å². The van der Waals surface area contributed by atoms with Crippen molar-refractivity contribution in [2.45, 2.75) is 6.42 Å². The van der Waals surface area contributed by atoms with Crippen molar-refractivity contribution in [3.63, 3.8) is 0 Å².